The number of ether oxygens (including phenoxy) is 1. The molecule has 1 heterocycles. The van der Waals surface area contributed by atoms with Gasteiger partial charge in [-0.05, 0) is 31.2 Å². The quantitative estimate of drug-likeness (QED) is 0.350. The van der Waals surface area contributed by atoms with Gasteiger partial charge in [0.2, 0.25) is 0 Å². The normalized spacial score (nSPS) is 18.3. The minimum atomic E-state index is -3.20. The summed E-state index contributed by atoms with van der Waals surface area (Å²) in [5.74, 6) is 0.944. The summed E-state index contributed by atoms with van der Waals surface area (Å²) in [6.45, 7) is 6.26. The minimum Gasteiger partial charge on any atom is -0.381 e. The van der Waals surface area contributed by atoms with Gasteiger partial charge < -0.3 is 15.4 Å². The zero-order valence-electron chi connectivity index (χ0n) is 16.6. The van der Waals surface area contributed by atoms with Gasteiger partial charge >= 0.3 is 0 Å². The van der Waals surface area contributed by atoms with Gasteiger partial charge in [0.05, 0.1) is 4.75 Å². The lowest BCUT2D eigenvalue weighted by molar-refractivity contribution is 0.0756. The van der Waals surface area contributed by atoms with E-state index in [0.717, 1.165) is 6.54 Å². The maximum absolute atomic E-state index is 12.3. The number of nitrogens with one attached hydrogen (secondary N) is 2. The Bertz CT molecular complexity index is 731. The van der Waals surface area contributed by atoms with E-state index in [1.165, 1.54) is 17.4 Å². The van der Waals surface area contributed by atoms with Crippen LogP contribution in [-0.4, -0.2) is 58.7 Å². The predicted octanol–water partition coefficient (Wildman–Crippen LogP) is 2.48. The molecule has 0 bridgehead atoms. The Hall–Kier alpha value is -0.870. The number of aryl methyl sites for hydroxylation is 1. The van der Waals surface area contributed by atoms with E-state index in [1.807, 2.05) is 0 Å². The van der Waals surface area contributed by atoms with Crippen LogP contribution in [0.2, 0.25) is 0 Å². The van der Waals surface area contributed by atoms with Crippen LogP contribution in [0.25, 0.3) is 0 Å². The molecule has 1 unspecified atom stereocenters. The van der Waals surface area contributed by atoms with Crippen molar-refractivity contribution in [3.8, 4) is 0 Å². The molecule has 154 valence electrons. The van der Waals surface area contributed by atoms with Crippen LogP contribution in [-0.2, 0) is 14.6 Å². The Labute approximate surface area is 180 Å². The molecule has 0 aromatic heterocycles. The Morgan fingerprint density at radius 2 is 1.96 bits per heavy atom. The number of aliphatic imine (C=N–C) groups is 1. The minimum absolute atomic E-state index is 0. The van der Waals surface area contributed by atoms with Crippen LogP contribution in [0.1, 0.15) is 36.8 Å². The van der Waals surface area contributed by atoms with Gasteiger partial charge in [0.15, 0.2) is 15.8 Å². The lowest BCUT2D eigenvalue weighted by atomic mass is 9.99. The first kappa shape index (κ1) is 24.2. The summed E-state index contributed by atoms with van der Waals surface area (Å²) in [6, 6.07) is 8.46. The van der Waals surface area contributed by atoms with E-state index in [4.69, 9.17) is 4.74 Å². The second-order valence-corrected chi connectivity index (χ2v) is 9.60. The number of nitrogens with zero attached hydrogens (tertiary/aromatic N) is 1. The van der Waals surface area contributed by atoms with E-state index < -0.39 is 14.6 Å². The van der Waals surface area contributed by atoms with Gasteiger partial charge in [0.25, 0.3) is 0 Å². The topological polar surface area (TPSA) is 79.8 Å². The van der Waals surface area contributed by atoms with Crippen LogP contribution in [0.15, 0.2) is 29.3 Å². The van der Waals surface area contributed by atoms with Crippen LogP contribution in [0, 0.1) is 6.92 Å². The Morgan fingerprint density at radius 1 is 1.30 bits per heavy atom. The molecule has 8 heteroatoms. The Kier molecular flexibility index (Phi) is 9.50. The van der Waals surface area contributed by atoms with Crippen LogP contribution in [0.5, 0.6) is 0 Å². The largest absolute Gasteiger partial charge is 0.381 e. The molecule has 2 N–H and O–H groups in total. The number of guanidine groups is 1. The molecular weight excluding hydrogens is 477 g/mol. The average molecular weight is 509 g/mol. The molecule has 1 aromatic rings. The van der Waals surface area contributed by atoms with Crippen molar-refractivity contribution in [1.29, 1.82) is 0 Å². The molecular formula is C19H32IN3O3S. The predicted molar refractivity (Wildman–Crippen MR) is 122 cm³/mol. The highest BCUT2D eigenvalue weighted by molar-refractivity contribution is 14.0. The fourth-order valence-electron chi connectivity index (χ4n) is 3.23. The molecule has 1 aromatic carbocycles. The van der Waals surface area contributed by atoms with Gasteiger partial charge in [0, 0.05) is 39.6 Å². The number of benzene rings is 1. The maximum atomic E-state index is 12.3. The SMILES string of the molecule is CN=C(NCC(C)c1cccc(C)c1)NCC1(S(C)(=O)=O)CCOCC1.I. The van der Waals surface area contributed by atoms with Crippen LogP contribution >= 0.6 is 24.0 Å². The van der Waals surface area contributed by atoms with Crippen LogP contribution < -0.4 is 10.6 Å². The molecule has 0 saturated carbocycles. The zero-order chi connectivity index (χ0) is 19.2. The number of sulfone groups is 1. The van der Waals surface area contributed by atoms with E-state index >= 15 is 0 Å². The van der Waals surface area contributed by atoms with Crippen molar-refractivity contribution < 1.29 is 13.2 Å². The second kappa shape index (κ2) is 10.6. The van der Waals surface area contributed by atoms with Gasteiger partial charge in [-0.3, -0.25) is 4.99 Å². The average Bonchev–Trinajstić information content (AvgIpc) is 2.61. The van der Waals surface area contributed by atoms with E-state index in [0.29, 0.717) is 44.5 Å². The summed E-state index contributed by atoms with van der Waals surface area (Å²) in [5, 5.41) is 6.52. The number of hydrogen-bond acceptors (Lipinski definition) is 4. The highest BCUT2D eigenvalue weighted by atomic mass is 127. The number of rotatable bonds is 6. The van der Waals surface area contributed by atoms with Gasteiger partial charge in [-0.2, -0.15) is 0 Å². The third-order valence-electron chi connectivity index (χ3n) is 5.18. The molecule has 0 aliphatic carbocycles. The molecule has 0 radical (unpaired) electrons. The first-order chi connectivity index (χ1) is 12.3. The van der Waals surface area contributed by atoms with Gasteiger partial charge in [-0.25, -0.2) is 8.42 Å². The fourth-order valence-corrected chi connectivity index (χ4v) is 4.47. The molecule has 1 fully saturated rings. The molecule has 1 saturated heterocycles. The molecule has 1 aliphatic heterocycles. The monoisotopic (exact) mass is 509 g/mol. The van der Waals surface area contributed by atoms with Gasteiger partial charge in [0.1, 0.15) is 0 Å². The van der Waals surface area contributed by atoms with E-state index in [2.05, 4.69) is 53.7 Å². The van der Waals surface area contributed by atoms with E-state index in [-0.39, 0.29) is 24.0 Å². The smallest absolute Gasteiger partial charge is 0.191 e. The Morgan fingerprint density at radius 3 is 2.52 bits per heavy atom. The maximum Gasteiger partial charge on any atom is 0.191 e. The molecule has 1 aliphatic rings. The van der Waals surface area contributed by atoms with Gasteiger partial charge in [-0.1, -0.05) is 36.8 Å². The van der Waals surface area contributed by atoms with Crippen molar-refractivity contribution in [3.63, 3.8) is 0 Å². The van der Waals surface area contributed by atoms with Crippen LogP contribution in [0.3, 0.4) is 0 Å². The van der Waals surface area contributed by atoms with Gasteiger partial charge in [-0.15, -0.1) is 24.0 Å². The van der Waals surface area contributed by atoms with Crippen molar-refractivity contribution >= 4 is 39.8 Å². The third kappa shape index (κ3) is 6.60. The van der Waals surface area contributed by atoms with Crippen molar-refractivity contribution in [2.75, 3.05) is 39.6 Å². The lowest BCUT2D eigenvalue weighted by Gasteiger charge is -2.35. The molecule has 0 amide bonds. The number of halogens is 1. The second-order valence-electron chi connectivity index (χ2n) is 7.19. The standard InChI is InChI=1S/C19H31N3O3S.HI/c1-15-6-5-7-17(12-15)16(2)13-21-18(20-3)22-14-19(26(4,23)24)8-10-25-11-9-19;/h5-7,12,16H,8-11,13-14H2,1-4H3,(H2,20,21,22);1H. The highest BCUT2D eigenvalue weighted by Gasteiger charge is 2.42. The molecule has 1 atom stereocenters. The number of hydrogen-bond donors (Lipinski definition) is 2. The summed E-state index contributed by atoms with van der Waals surface area (Å²) in [7, 11) is -1.50. The van der Waals surface area contributed by atoms with E-state index in [1.54, 1.807) is 7.05 Å². The Balaban J connectivity index is 0.00000364. The van der Waals surface area contributed by atoms with Crippen molar-refractivity contribution in [1.82, 2.24) is 10.6 Å². The summed E-state index contributed by atoms with van der Waals surface area (Å²) >= 11 is 0. The molecule has 6 nitrogen and oxygen atoms in total. The first-order valence-electron chi connectivity index (χ1n) is 9.06. The molecule has 0 spiro atoms. The van der Waals surface area contributed by atoms with Crippen molar-refractivity contribution in [2.24, 2.45) is 4.99 Å². The summed E-state index contributed by atoms with van der Waals surface area (Å²) in [4.78, 5) is 4.24. The van der Waals surface area contributed by atoms with Crippen LogP contribution in [0.4, 0.5) is 0 Å². The van der Waals surface area contributed by atoms with Crippen molar-refractivity contribution in [2.45, 2.75) is 37.4 Å². The summed E-state index contributed by atoms with van der Waals surface area (Å²) in [5.41, 5.74) is 2.51. The van der Waals surface area contributed by atoms with Crippen molar-refractivity contribution in [3.05, 3.63) is 35.4 Å². The lowest BCUT2D eigenvalue weighted by Crippen LogP contribution is -2.53. The first-order valence-corrected chi connectivity index (χ1v) is 10.9. The van der Waals surface area contributed by atoms with E-state index in [9.17, 15) is 8.42 Å². The highest BCUT2D eigenvalue weighted by Crippen LogP contribution is 2.28. The molecule has 2 rings (SSSR count). The fraction of sp³-hybridized carbons (Fsp3) is 0.632. The molecule has 27 heavy (non-hydrogen) atoms. The third-order valence-corrected chi connectivity index (χ3v) is 7.30. The zero-order valence-corrected chi connectivity index (χ0v) is 19.8. The summed E-state index contributed by atoms with van der Waals surface area (Å²) in [6.07, 6.45) is 2.33. The summed E-state index contributed by atoms with van der Waals surface area (Å²) < 4.78 is 29.2.